The largest absolute Gasteiger partial charge is 0.461 e. The lowest BCUT2D eigenvalue weighted by atomic mass is 10.5. The van der Waals surface area contributed by atoms with Crippen molar-refractivity contribution in [3.63, 3.8) is 0 Å². The number of aromatic nitrogens is 1. The Balaban J connectivity index is 2.45. The molecule has 1 rings (SSSR count). The number of nitrogens with zero attached hydrogens (tertiary/aromatic N) is 1. The second-order valence-corrected chi connectivity index (χ2v) is 2.56. The van der Waals surface area contributed by atoms with Crippen LogP contribution in [0.15, 0.2) is 10.7 Å². The zero-order valence-corrected chi connectivity index (χ0v) is 8.69. The lowest BCUT2D eigenvalue weighted by molar-refractivity contribution is 0.0519. The fourth-order valence-electron chi connectivity index (χ4n) is 0.835. The molecule has 0 aliphatic carbocycles. The van der Waals surface area contributed by atoms with Crippen molar-refractivity contribution in [1.29, 1.82) is 0 Å². The summed E-state index contributed by atoms with van der Waals surface area (Å²) in [6.07, 6.45) is 1.23. The lowest BCUT2D eigenvalue weighted by Crippen LogP contribution is -2.06. The van der Waals surface area contributed by atoms with Crippen molar-refractivity contribution < 1.29 is 23.4 Å². The molecule has 0 aromatic carbocycles. The van der Waals surface area contributed by atoms with Crippen LogP contribution < -0.4 is 4.74 Å². The summed E-state index contributed by atoms with van der Waals surface area (Å²) in [4.78, 5) is 14.9. The van der Waals surface area contributed by atoms with Gasteiger partial charge in [0.15, 0.2) is 5.69 Å². The maximum Gasteiger partial charge on any atom is 0.394 e. The maximum atomic E-state index is 11.2. The van der Waals surface area contributed by atoms with Crippen LogP contribution in [0.25, 0.3) is 0 Å². The van der Waals surface area contributed by atoms with Crippen molar-refractivity contribution in [3.8, 4) is 6.08 Å². The Morgan fingerprint density at radius 2 is 2.33 bits per heavy atom. The van der Waals surface area contributed by atoms with Gasteiger partial charge in [-0.3, -0.25) is 0 Å². The summed E-state index contributed by atoms with van der Waals surface area (Å²) in [7, 11) is 1.56. The summed E-state index contributed by atoms with van der Waals surface area (Å²) >= 11 is 0. The quantitative estimate of drug-likeness (QED) is 0.518. The molecule has 6 nitrogen and oxygen atoms in total. The summed E-state index contributed by atoms with van der Waals surface area (Å²) in [5.74, 6) is -0.525. The first kappa shape index (κ1) is 11.5. The highest BCUT2D eigenvalue weighted by atomic mass is 16.6. The van der Waals surface area contributed by atoms with Crippen LogP contribution in [-0.4, -0.2) is 37.9 Å². The van der Waals surface area contributed by atoms with Gasteiger partial charge in [0, 0.05) is 7.11 Å². The Hall–Kier alpha value is -1.56. The van der Waals surface area contributed by atoms with E-state index in [9.17, 15) is 4.79 Å². The molecule has 1 aromatic heterocycles. The van der Waals surface area contributed by atoms with Crippen molar-refractivity contribution in [3.05, 3.63) is 12.0 Å². The predicted molar refractivity (Wildman–Crippen MR) is 49.8 cm³/mol. The average molecular weight is 215 g/mol. The van der Waals surface area contributed by atoms with Gasteiger partial charge in [-0.15, -0.1) is 0 Å². The molecule has 0 aliphatic heterocycles. The second kappa shape index (κ2) is 6.02. The highest BCUT2D eigenvalue weighted by Gasteiger charge is 2.13. The molecule has 0 atom stereocenters. The maximum absolute atomic E-state index is 11.2. The number of hydrogen-bond donors (Lipinski definition) is 0. The Kier molecular flexibility index (Phi) is 4.62. The molecule has 84 valence electrons. The van der Waals surface area contributed by atoms with Crippen molar-refractivity contribution in [2.75, 3.05) is 26.9 Å². The minimum absolute atomic E-state index is 0.0371. The van der Waals surface area contributed by atoms with Gasteiger partial charge in [-0.25, -0.2) is 4.79 Å². The van der Waals surface area contributed by atoms with E-state index in [-0.39, 0.29) is 11.8 Å². The molecule has 0 radical (unpaired) electrons. The third-order valence-electron chi connectivity index (χ3n) is 1.48. The van der Waals surface area contributed by atoms with Gasteiger partial charge < -0.3 is 18.6 Å². The average Bonchev–Trinajstić information content (AvgIpc) is 2.67. The molecule has 0 spiro atoms. The van der Waals surface area contributed by atoms with Crippen LogP contribution in [0, 0.1) is 0 Å². The number of carbonyl (C=O) groups excluding carboxylic acids is 1. The van der Waals surface area contributed by atoms with Gasteiger partial charge >= 0.3 is 12.0 Å². The van der Waals surface area contributed by atoms with Gasteiger partial charge in [0.1, 0.15) is 12.9 Å². The van der Waals surface area contributed by atoms with Crippen LogP contribution in [0.4, 0.5) is 0 Å². The normalized spacial score (nSPS) is 10.0. The number of oxazole rings is 1. The highest BCUT2D eigenvalue weighted by Crippen LogP contribution is 2.10. The number of carbonyl (C=O) groups is 1. The molecular formula is C9H13NO5. The zero-order valence-electron chi connectivity index (χ0n) is 8.69. The fourth-order valence-corrected chi connectivity index (χ4v) is 0.835. The molecular weight excluding hydrogens is 202 g/mol. The van der Waals surface area contributed by atoms with E-state index in [0.717, 1.165) is 0 Å². The van der Waals surface area contributed by atoms with E-state index in [1.165, 1.54) is 6.26 Å². The highest BCUT2D eigenvalue weighted by molar-refractivity contribution is 5.86. The first-order chi connectivity index (χ1) is 7.27. The van der Waals surface area contributed by atoms with E-state index in [1.807, 2.05) is 0 Å². The number of esters is 1. The van der Waals surface area contributed by atoms with Crippen LogP contribution >= 0.6 is 0 Å². The molecule has 0 aliphatic rings. The minimum atomic E-state index is -0.525. The second-order valence-electron chi connectivity index (χ2n) is 2.56. The van der Waals surface area contributed by atoms with E-state index >= 15 is 0 Å². The number of rotatable bonds is 6. The zero-order chi connectivity index (χ0) is 11.1. The number of hydrogen-bond acceptors (Lipinski definition) is 6. The van der Waals surface area contributed by atoms with Crippen molar-refractivity contribution in [2.24, 2.45) is 0 Å². The summed E-state index contributed by atoms with van der Waals surface area (Å²) in [5.41, 5.74) is 0.101. The number of ether oxygens (including phenoxy) is 3. The molecule has 0 bridgehead atoms. The van der Waals surface area contributed by atoms with Crippen LogP contribution in [-0.2, 0) is 9.47 Å². The van der Waals surface area contributed by atoms with Gasteiger partial charge in [-0.05, 0) is 6.92 Å². The molecule has 0 saturated carbocycles. The fraction of sp³-hybridized carbons (Fsp3) is 0.556. The third kappa shape index (κ3) is 3.59. The molecule has 6 heteroatoms. The van der Waals surface area contributed by atoms with Crippen LogP contribution in [0.2, 0.25) is 0 Å². The molecule has 15 heavy (non-hydrogen) atoms. The molecule has 0 N–H and O–H groups in total. The predicted octanol–water partition coefficient (Wildman–Crippen LogP) is 0.877. The molecule has 0 saturated heterocycles. The van der Waals surface area contributed by atoms with Crippen LogP contribution in [0.5, 0.6) is 6.08 Å². The summed E-state index contributed by atoms with van der Waals surface area (Å²) < 4.78 is 19.4. The first-order valence-corrected chi connectivity index (χ1v) is 4.52. The summed E-state index contributed by atoms with van der Waals surface area (Å²) in [6, 6.07) is 0. The van der Waals surface area contributed by atoms with Crippen molar-refractivity contribution in [1.82, 2.24) is 4.98 Å². The van der Waals surface area contributed by atoms with Crippen molar-refractivity contribution in [2.45, 2.75) is 6.92 Å². The Labute approximate surface area is 87.1 Å². The summed E-state index contributed by atoms with van der Waals surface area (Å²) in [6.45, 7) is 2.76. The van der Waals surface area contributed by atoms with Gasteiger partial charge in [0.25, 0.3) is 0 Å². The Morgan fingerprint density at radius 1 is 1.53 bits per heavy atom. The van der Waals surface area contributed by atoms with E-state index in [4.69, 9.17) is 18.6 Å². The molecule has 0 fully saturated rings. The van der Waals surface area contributed by atoms with Crippen LogP contribution in [0.1, 0.15) is 17.4 Å². The van der Waals surface area contributed by atoms with Crippen molar-refractivity contribution >= 4 is 5.97 Å². The topological polar surface area (TPSA) is 70.8 Å². The van der Waals surface area contributed by atoms with E-state index in [2.05, 4.69) is 4.98 Å². The monoisotopic (exact) mass is 215 g/mol. The standard InChI is InChI=1S/C9H13NO5/c1-3-13-8(11)7-6-15-9(10-7)14-5-4-12-2/h6H,3-5H2,1-2H3. The molecule has 1 heterocycles. The molecule has 0 amide bonds. The SMILES string of the molecule is CCOC(=O)c1coc(OCCOC)n1. The lowest BCUT2D eigenvalue weighted by Gasteiger charge is -1.98. The van der Waals surface area contributed by atoms with E-state index in [0.29, 0.717) is 19.8 Å². The van der Waals surface area contributed by atoms with E-state index < -0.39 is 5.97 Å². The van der Waals surface area contributed by atoms with Gasteiger partial charge in [0.2, 0.25) is 0 Å². The van der Waals surface area contributed by atoms with Crippen LogP contribution in [0.3, 0.4) is 0 Å². The smallest absolute Gasteiger partial charge is 0.394 e. The Bertz CT molecular complexity index is 309. The first-order valence-electron chi connectivity index (χ1n) is 4.52. The van der Waals surface area contributed by atoms with Gasteiger partial charge in [-0.2, -0.15) is 4.98 Å². The molecule has 1 aromatic rings. The number of methoxy groups -OCH3 is 1. The van der Waals surface area contributed by atoms with E-state index in [1.54, 1.807) is 14.0 Å². The third-order valence-corrected chi connectivity index (χ3v) is 1.48. The molecule has 0 unspecified atom stereocenters. The Morgan fingerprint density at radius 3 is 3.00 bits per heavy atom. The van der Waals surface area contributed by atoms with Gasteiger partial charge in [0.05, 0.1) is 13.2 Å². The summed E-state index contributed by atoms with van der Waals surface area (Å²) in [5, 5.41) is 0. The minimum Gasteiger partial charge on any atom is -0.461 e. The van der Waals surface area contributed by atoms with Gasteiger partial charge in [-0.1, -0.05) is 0 Å².